The number of rotatable bonds is 3. The summed E-state index contributed by atoms with van der Waals surface area (Å²) in [5.74, 6) is -0.239. The van der Waals surface area contributed by atoms with Gasteiger partial charge in [-0.3, -0.25) is 4.98 Å². The number of benzene rings is 2. The molecular weight excluding hydrogens is 331 g/mol. The molecule has 1 aromatic heterocycles. The number of nitrogens with one attached hydrogen (secondary N) is 1. The molecule has 0 fully saturated rings. The van der Waals surface area contributed by atoms with E-state index in [-0.39, 0.29) is 11.9 Å². The first-order valence-corrected chi connectivity index (χ1v) is 7.46. The van der Waals surface area contributed by atoms with Crippen LogP contribution in [-0.4, -0.2) is 12.0 Å². The molecule has 3 rings (SSSR count). The minimum Gasteiger partial charge on any atom is -0.309 e. The zero-order valence-electron chi connectivity index (χ0n) is 11.5. The van der Waals surface area contributed by atoms with Crippen molar-refractivity contribution in [3.05, 3.63) is 76.1 Å². The second-order valence-corrected chi connectivity index (χ2v) is 5.67. The lowest BCUT2D eigenvalue weighted by Gasteiger charge is -2.19. The highest BCUT2D eigenvalue weighted by atomic mass is 79.9. The van der Waals surface area contributed by atoms with Gasteiger partial charge in [-0.2, -0.15) is 0 Å². The van der Waals surface area contributed by atoms with Crippen LogP contribution in [-0.2, 0) is 0 Å². The quantitative estimate of drug-likeness (QED) is 0.759. The van der Waals surface area contributed by atoms with E-state index in [4.69, 9.17) is 0 Å². The fourth-order valence-corrected chi connectivity index (χ4v) is 3.08. The zero-order valence-corrected chi connectivity index (χ0v) is 13.1. The van der Waals surface area contributed by atoms with Gasteiger partial charge in [0, 0.05) is 21.6 Å². The topological polar surface area (TPSA) is 24.9 Å². The molecule has 1 heterocycles. The maximum Gasteiger partial charge on any atom is 0.129 e. The van der Waals surface area contributed by atoms with Crippen LogP contribution >= 0.6 is 15.9 Å². The van der Waals surface area contributed by atoms with Crippen LogP contribution in [0.3, 0.4) is 0 Å². The van der Waals surface area contributed by atoms with E-state index in [0.717, 1.165) is 20.9 Å². The standard InChI is InChI=1S/C17H14BrFN2/c1-20-17(16-13(18)6-4-7-14(16)19)12-9-11-5-2-3-8-15(11)21-10-12/h2-10,17,20H,1H3. The molecule has 0 amide bonds. The van der Waals surface area contributed by atoms with Crippen molar-refractivity contribution in [2.45, 2.75) is 6.04 Å². The van der Waals surface area contributed by atoms with Crippen LogP contribution in [0.1, 0.15) is 17.2 Å². The Hall–Kier alpha value is -1.78. The van der Waals surface area contributed by atoms with E-state index >= 15 is 0 Å². The van der Waals surface area contributed by atoms with Gasteiger partial charge in [-0.25, -0.2) is 4.39 Å². The molecule has 0 bridgehead atoms. The fraction of sp³-hybridized carbons (Fsp3) is 0.118. The summed E-state index contributed by atoms with van der Waals surface area (Å²) in [5, 5.41) is 4.22. The number of halogens is 2. The summed E-state index contributed by atoms with van der Waals surface area (Å²) in [7, 11) is 1.82. The Bertz CT molecular complexity index is 768. The molecule has 0 aliphatic heterocycles. The van der Waals surface area contributed by atoms with E-state index in [9.17, 15) is 4.39 Å². The fourth-order valence-electron chi connectivity index (χ4n) is 2.51. The summed E-state index contributed by atoms with van der Waals surface area (Å²) < 4.78 is 14.9. The SMILES string of the molecule is CNC(c1cnc2ccccc2c1)c1c(F)cccc1Br. The number of para-hydroxylation sites is 1. The van der Waals surface area contributed by atoms with Crippen LogP contribution in [0.15, 0.2) is 59.2 Å². The van der Waals surface area contributed by atoms with Crippen molar-refractivity contribution in [3.63, 3.8) is 0 Å². The number of hydrogen-bond acceptors (Lipinski definition) is 2. The first kappa shape index (κ1) is 14.2. The van der Waals surface area contributed by atoms with Crippen molar-refractivity contribution in [1.82, 2.24) is 10.3 Å². The van der Waals surface area contributed by atoms with Crippen LogP contribution in [0.5, 0.6) is 0 Å². The highest BCUT2D eigenvalue weighted by Gasteiger charge is 2.19. The monoisotopic (exact) mass is 344 g/mol. The van der Waals surface area contributed by atoms with Gasteiger partial charge in [0.15, 0.2) is 0 Å². The summed E-state index contributed by atoms with van der Waals surface area (Å²) in [6, 6.07) is 14.7. The van der Waals surface area contributed by atoms with Gasteiger partial charge in [-0.05, 0) is 36.9 Å². The van der Waals surface area contributed by atoms with Gasteiger partial charge in [-0.1, -0.05) is 40.2 Å². The largest absolute Gasteiger partial charge is 0.309 e. The second-order valence-electron chi connectivity index (χ2n) is 4.82. The van der Waals surface area contributed by atoms with E-state index in [0.29, 0.717) is 5.56 Å². The summed E-state index contributed by atoms with van der Waals surface area (Å²) in [6.07, 6.45) is 1.79. The maximum absolute atomic E-state index is 14.2. The molecule has 1 N–H and O–H groups in total. The third kappa shape index (κ3) is 2.69. The Kier molecular flexibility index (Phi) is 3.99. The summed E-state index contributed by atoms with van der Waals surface area (Å²) in [4.78, 5) is 4.46. The van der Waals surface area contributed by atoms with Crippen molar-refractivity contribution in [2.75, 3.05) is 7.05 Å². The molecule has 0 radical (unpaired) electrons. The van der Waals surface area contributed by atoms with Crippen molar-refractivity contribution in [3.8, 4) is 0 Å². The zero-order chi connectivity index (χ0) is 14.8. The van der Waals surface area contributed by atoms with Gasteiger partial charge < -0.3 is 5.32 Å². The lowest BCUT2D eigenvalue weighted by Crippen LogP contribution is -2.19. The normalized spacial score (nSPS) is 12.5. The molecule has 2 nitrogen and oxygen atoms in total. The molecule has 1 unspecified atom stereocenters. The average Bonchev–Trinajstić information content (AvgIpc) is 2.50. The Labute approximate surface area is 131 Å². The number of aromatic nitrogens is 1. The van der Waals surface area contributed by atoms with Gasteiger partial charge in [0.25, 0.3) is 0 Å². The third-order valence-corrected chi connectivity index (χ3v) is 4.21. The molecule has 4 heteroatoms. The maximum atomic E-state index is 14.2. The molecule has 0 saturated carbocycles. The molecular formula is C17H14BrFN2. The Morgan fingerprint density at radius 1 is 1.14 bits per heavy atom. The van der Waals surface area contributed by atoms with Crippen LogP contribution in [0.4, 0.5) is 4.39 Å². The number of pyridine rings is 1. The van der Waals surface area contributed by atoms with E-state index in [2.05, 4.69) is 26.2 Å². The van der Waals surface area contributed by atoms with E-state index < -0.39 is 0 Å². The summed E-state index contributed by atoms with van der Waals surface area (Å²) >= 11 is 3.44. The first-order valence-electron chi connectivity index (χ1n) is 6.66. The highest BCUT2D eigenvalue weighted by Crippen LogP contribution is 2.31. The lowest BCUT2D eigenvalue weighted by molar-refractivity contribution is 0.573. The van der Waals surface area contributed by atoms with Gasteiger partial charge in [0.1, 0.15) is 5.82 Å². The van der Waals surface area contributed by atoms with Crippen molar-refractivity contribution in [2.24, 2.45) is 0 Å². The highest BCUT2D eigenvalue weighted by molar-refractivity contribution is 9.10. The predicted molar refractivity (Wildman–Crippen MR) is 86.7 cm³/mol. The van der Waals surface area contributed by atoms with Gasteiger partial charge in [0.05, 0.1) is 11.6 Å². The van der Waals surface area contributed by atoms with Crippen LogP contribution in [0.25, 0.3) is 10.9 Å². The molecule has 0 spiro atoms. The second kappa shape index (κ2) is 5.92. The minimum absolute atomic E-state index is 0.239. The van der Waals surface area contributed by atoms with Crippen LogP contribution < -0.4 is 5.32 Å². The molecule has 0 aliphatic carbocycles. The predicted octanol–water partition coefficient (Wildman–Crippen LogP) is 4.45. The van der Waals surface area contributed by atoms with Crippen LogP contribution in [0, 0.1) is 5.82 Å². The Balaban J connectivity index is 2.14. The van der Waals surface area contributed by atoms with E-state index in [1.54, 1.807) is 12.3 Å². The Morgan fingerprint density at radius 2 is 1.95 bits per heavy atom. The van der Waals surface area contributed by atoms with Gasteiger partial charge in [0.2, 0.25) is 0 Å². The summed E-state index contributed by atoms with van der Waals surface area (Å²) in [6.45, 7) is 0. The average molecular weight is 345 g/mol. The number of nitrogens with zero attached hydrogens (tertiary/aromatic N) is 1. The molecule has 0 saturated heterocycles. The first-order chi connectivity index (χ1) is 10.2. The molecule has 3 aromatic rings. The lowest BCUT2D eigenvalue weighted by atomic mass is 9.98. The van der Waals surface area contributed by atoms with E-state index in [1.165, 1.54) is 6.07 Å². The van der Waals surface area contributed by atoms with Crippen molar-refractivity contribution < 1.29 is 4.39 Å². The Morgan fingerprint density at radius 3 is 2.71 bits per heavy atom. The van der Waals surface area contributed by atoms with Crippen LogP contribution in [0.2, 0.25) is 0 Å². The molecule has 106 valence electrons. The van der Waals surface area contributed by atoms with Crippen molar-refractivity contribution >= 4 is 26.8 Å². The minimum atomic E-state index is -0.252. The molecule has 2 aromatic carbocycles. The molecule has 0 aliphatic rings. The number of hydrogen-bond donors (Lipinski definition) is 1. The van der Waals surface area contributed by atoms with Crippen molar-refractivity contribution in [1.29, 1.82) is 0 Å². The summed E-state index contributed by atoms with van der Waals surface area (Å²) in [5.41, 5.74) is 2.46. The van der Waals surface area contributed by atoms with E-state index in [1.807, 2.05) is 43.4 Å². The molecule has 1 atom stereocenters. The third-order valence-electron chi connectivity index (χ3n) is 3.52. The molecule has 21 heavy (non-hydrogen) atoms. The van der Waals surface area contributed by atoms with Gasteiger partial charge in [-0.15, -0.1) is 0 Å². The smallest absolute Gasteiger partial charge is 0.129 e. The number of fused-ring (bicyclic) bond motifs is 1. The van der Waals surface area contributed by atoms with Gasteiger partial charge >= 0.3 is 0 Å².